The third kappa shape index (κ3) is 2.90. The molecule has 1 amide bonds. The monoisotopic (exact) mass is 330 g/mol. The van der Waals surface area contributed by atoms with Crippen LogP contribution >= 0.6 is 22.7 Å². The van der Waals surface area contributed by atoms with Crippen LogP contribution in [0.5, 0.6) is 0 Å². The number of anilines is 1. The first-order chi connectivity index (χ1) is 10.7. The number of hydrogen-bond acceptors (Lipinski definition) is 6. The molecule has 0 saturated heterocycles. The molecule has 0 aliphatic heterocycles. The van der Waals surface area contributed by atoms with Gasteiger partial charge in [0, 0.05) is 28.2 Å². The number of pyridine rings is 1. The number of carbonyl (C=O) groups excluding carboxylic acids is 1. The highest BCUT2D eigenvalue weighted by Gasteiger charge is 2.16. The van der Waals surface area contributed by atoms with Crippen molar-refractivity contribution in [3.63, 3.8) is 0 Å². The van der Waals surface area contributed by atoms with Gasteiger partial charge in [-0.25, -0.2) is 0 Å². The lowest BCUT2D eigenvalue weighted by Crippen LogP contribution is -2.12. The van der Waals surface area contributed by atoms with Crippen molar-refractivity contribution in [1.29, 1.82) is 0 Å². The highest BCUT2D eigenvalue weighted by Crippen LogP contribution is 2.27. The first kappa shape index (κ1) is 14.8. The van der Waals surface area contributed by atoms with E-state index >= 15 is 0 Å². The molecule has 0 spiro atoms. The smallest absolute Gasteiger partial charge is 0.258 e. The minimum atomic E-state index is -0.130. The number of thiophene rings is 1. The Kier molecular flexibility index (Phi) is 4.26. The van der Waals surface area contributed by atoms with Gasteiger partial charge in [0.2, 0.25) is 5.13 Å². The summed E-state index contributed by atoms with van der Waals surface area (Å²) in [5.74, 6) is -0.130. The molecule has 0 aliphatic carbocycles. The number of nitrogens with zero attached hydrogens (tertiary/aromatic N) is 3. The molecule has 3 heterocycles. The lowest BCUT2D eigenvalue weighted by molar-refractivity contribution is 0.102. The molecule has 3 aromatic rings. The minimum Gasteiger partial charge on any atom is -0.296 e. The Labute approximate surface area is 136 Å². The van der Waals surface area contributed by atoms with Crippen molar-refractivity contribution >= 4 is 33.7 Å². The maximum Gasteiger partial charge on any atom is 0.258 e. The maximum atomic E-state index is 12.4. The summed E-state index contributed by atoms with van der Waals surface area (Å²) in [6, 6.07) is 3.76. The molecule has 0 saturated carbocycles. The van der Waals surface area contributed by atoms with Gasteiger partial charge in [0.25, 0.3) is 5.91 Å². The molecule has 0 radical (unpaired) electrons. The Bertz CT molecular complexity index is 795. The first-order valence-electron chi connectivity index (χ1n) is 6.81. The molecule has 0 aliphatic rings. The van der Waals surface area contributed by atoms with Crippen LogP contribution in [0.25, 0.3) is 10.6 Å². The van der Waals surface area contributed by atoms with Crippen molar-refractivity contribution in [2.24, 2.45) is 0 Å². The van der Waals surface area contributed by atoms with Crippen LogP contribution < -0.4 is 5.32 Å². The van der Waals surface area contributed by atoms with Crippen LogP contribution in [0.3, 0.4) is 0 Å². The SMILES string of the molecule is CCc1c(C(=O)Nc2nnc(-c3cccnc3)s2)csc1C. The molecule has 0 atom stereocenters. The number of aromatic nitrogens is 3. The Morgan fingerprint density at radius 1 is 1.36 bits per heavy atom. The fourth-order valence-corrected chi connectivity index (χ4v) is 3.82. The third-order valence-electron chi connectivity index (χ3n) is 3.26. The Morgan fingerprint density at radius 3 is 2.95 bits per heavy atom. The Morgan fingerprint density at radius 2 is 2.23 bits per heavy atom. The number of hydrogen-bond donors (Lipinski definition) is 1. The molecule has 0 unspecified atom stereocenters. The van der Waals surface area contributed by atoms with Gasteiger partial charge in [0.05, 0.1) is 5.56 Å². The molecule has 7 heteroatoms. The normalized spacial score (nSPS) is 10.6. The number of aryl methyl sites for hydroxylation is 1. The molecule has 0 bridgehead atoms. The van der Waals surface area contributed by atoms with Gasteiger partial charge < -0.3 is 0 Å². The van der Waals surface area contributed by atoms with Gasteiger partial charge in [0.15, 0.2) is 5.01 Å². The van der Waals surface area contributed by atoms with Crippen LogP contribution in [0, 0.1) is 6.92 Å². The van der Waals surface area contributed by atoms with Crippen molar-refractivity contribution in [3.05, 3.63) is 45.9 Å². The van der Waals surface area contributed by atoms with Gasteiger partial charge in [-0.3, -0.25) is 15.1 Å². The summed E-state index contributed by atoms with van der Waals surface area (Å²) in [5, 5.41) is 14.1. The summed E-state index contributed by atoms with van der Waals surface area (Å²) in [6.07, 6.45) is 4.27. The van der Waals surface area contributed by atoms with Crippen molar-refractivity contribution < 1.29 is 4.79 Å². The summed E-state index contributed by atoms with van der Waals surface area (Å²) in [4.78, 5) is 17.6. The lowest BCUT2D eigenvalue weighted by atomic mass is 10.1. The van der Waals surface area contributed by atoms with Gasteiger partial charge in [-0.2, -0.15) is 0 Å². The number of carbonyl (C=O) groups is 1. The summed E-state index contributed by atoms with van der Waals surface area (Å²) in [5.41, 5.74) is 2.71. The predicted octanol–water partition coefficient (Wildman–Crippen LogP) is 3.78. The summed E-state index contributed by atoms with van der Waals surface area (Å²) in [7, 11) is 0. The highest BCUT2D eigenvalue weighted by molar-refractivity contribution is 7.18. The second-order valence-electron chi connectivity index (χ2n) is 4.65. The molecule has 22 heavy (non-hydrogen) atoms. The largest absolute Gasteiger partial charge is 0.296 e. The second kappa shape index (κ2) is 6.33. The van der Waals surface area contributed by atoms with E-state index in [-0.39, 0.29) is 5.91 Å². The van der Waals surface area contributed by atoms with Gasteiger partial charge in [-0.1, -0.05) is 18.3 Å². The molecular weight excluding hydrogens is 316 g/mol. The van der Waals surface area contributed by atoms with Crippen molar-refractivity contribution in [3.8, 4) is 10.6 Å². The fraction of sp³-hybridized carbons (Fsp3) is 0.200. The molecular formula is C15H14N4OS2. The van der Waals surface area contributed by atoms with E-state index in [1.807, 2.05) is 24.4 Å². The molecule has 3 aromatic heterocycles. The van der Waals surface area contributed by atoms with Gasteiger partial charge in [-0.15, -0.1) is 21.5 Å². The highest BCUT2D eigenvalue weighted by atomic mass is 32.1. The van der Waals surface area contributed by atoms with Crippen LogP contribution in [0.4, 0.5) is 5.13 Å². The number of amides is 1. The molecule has 1 N–H and O–H groups in total. The van der Waals surface area contributed by atoms with Gasteiger partial charge >= 0.3 is 0 Å². The van der Waals surface area contributed by atoms with E-state index in [1.165, 1.54) is 16.2 Å². The van der Waals surface area contributed by atoms with Crippen molar-refractivity contribution in [2.45, 2.75) is 20.3 Å². The van der Waals surface area contributed by atoms with E-state index in [1.54, 1.807) is 23.7 Å². The van der Waals surface area contributed by atoms with Crippen LogP contribution in [0.1, 0.15) is 27.7 Å². The fourth-order valence-electron chi connectivity index (χ4n) is 2.15. The zero-order valence-electron chi connectivity index (χ0n) is 12.2. The van der Waals surface area contributed by atoms with E-state index in [4.69, 9.17) is 0 Å². The molecule has 112 valence electrons. The number of nitrogens with one attached hydrogen (secondary N) is 1. The molecule has 3 rings (SSSR count). The van der Waals surface area contributed by atoms with Crippen LogP contribution in [-0.4, -0.2) is 21.1 Å². The summed E-state index contributed by atoms with van der Waals surface area (Å²) >= 11 is 2.93. The summed E-state index contributed by atoms with van der Waals surface area (Å²) < 4.78 is 0. The van der Waals surface area contributed by atoms with E-state index in [9.17, 15) is 4.79 Å². The lowest BCUT2D eigenvalue weighted by Gasteiger charge is -2.02. The predicted molar refractivity (Wildman–Crippen MR) is 89.5 cm³/mol. The maximum absolute atomic E-state index is 12.4. The molecule has 0 aromatic carbocycles. The Hall–Kier alpha value is -2.12. The van der Waals surface area contributed by atoms with E-state index in [0.717, 1.165) is 28.1 Å². The average molecular weight is 330 g/mol. The molecule has 5 nitrogen and oxygen atoms in total. The standard InChI is InChI=1S/C15H14N4OS2/c1-3-11-9(2)21-8-12(11)13(20)17-15-19-18-14(22-15)10-5-4-6-16-7-10/h4-8H,3H2,1-2H3,(H,17,19,20). The zero-order chi connectivity index (χ0) is 15.5. The van der Waals surface area contributed by atoms with Crippen LogP contribution in [-0.2, 0) is 6.42 Å². The van der Waals surface area contributed by atoms with E-state index in [2.05, 4.69) is 27.4 Å². The van der Waals surface area contributed by atoms with Gasteiger partial charge in [-0.05, 0) is 31.0 Å². The topological polar surface area (TPSA) is 67.8 Å². The quantitative estimate of drug-likeness (QED) is 0.790. The zero-order valence-corrected chi connectivity index (χ0v) is 13.8. The third-order valence-corrected chi connectivity index (χ3v) is 5.10. The molecule has 0 fully saturated rings. The van der Waals surface area contributed by atoms with E-state index < -0.39 is 0 Å². The van der Waals surface area contributed by atoms with Crippen molar-refractivity contribution in [1.82, 2.24) is 15.2 Å². The first-order valence-corrected chi connectivity index (χ1v) is 8.51. The Balaban J connectivity index is 1.79. The number of rotatable bonds is 4. The van der Waals surface area contributed by atoms with Crippen molar-refractivity contribution in [2.75, 3.05) is 5.32 Å². The van der Waals surface area contributed by atoms with Crippen LogP contribution in [0.15, 0.2) is 29.9 Å². The average Bonchev–Trinajstić information content (AvgIpc) is 3.14. The van der Waals surface area contributed by atoms with Gasteiger partial charge in [0.1, 0.15) is 0 Å². The second-order valence-corrected chi connectivity index (χ2v) is 6.71. The summed E-state index contributed by atoms with van der Waals surface area (Å²) in [6.45, 7) is 4.09. The van der Waals surface area contributed by atoms with E-state index in [0.29, 0.717) is 5.13 Å². The van der Waals surface area contributed by atoms with Crippen LogP contribution in [0.2, 0.25) is 0 Å². The minimum absolute atomic E-state index is 0.130.